The van der Waals surface area contributed by atoms with Gasteiger partial charge in [-0.15, -0.1) is 0 Å². The maximum Gasteiger partial charge on any atom is 0.372 e. The molecule has 0 amide bonds. The second-order valence-electron chi connectivity index (χ2n) is 4.23. The van der Waals surface area contributed by atoms with Gasteiger partial charge in [0.15, 0.2) is 0 Å². The van der Waals surface area contributed by atoms with Crippen LogP contribution in [0.5, 0.6) is 5.88 Å². The fourth-order valence-electron chi connectivity index (χ4n) is 2.11. The third-order valence-corrected chi connectivity index (χ3v) is 3.11. The smallest absolute Gasteiger partial charge is 0.372 e. The highest BCUT2D eigenvalue weighted by atomic mass is 16.6. The average molecular weight is 278 g/mol. The van der Waals surface area contributed by atoms with Gasteiger partial charge in [-0.25, -0.2) is 4.98 Å². The zero-order chi connectivity index (χ0) is 14.5. The van der Waals surface area contributed by atoms with Crippen LogP contribution in [0.3, 0.4) is 0 Å². The van der Waals surface area contributed by atoms with E-state index in [2.05, 4.69) is 16.0 Å². The van der Waals surface area contributed by atoms with E-state index in [1.54, 1.807) is 0 Å². The lowest BCUT2D eigenvalue weighted by atomic mass is 10.3. The van der Waals surface area contributed by atoms with Gasteiger partial charge in [0.05, 0.1) is 24.6 Å². The van der Waals surface area contributed by atoms with Crippen LogP contribution in [-0.2, 0) is 0 Å². The lowest BCUT2D eigenvalue weighted by Gasteiger charge is -2.33. The first-order valence-electron chi connectivity index (χ1n) is 6.05. The summed E-state index contributed by atoms with van der Waals surface area (Å²) in [6, 6.07) is 2.09. The van der Waals surface area contributed by atoms with E-state index in [0.29, 0.717) is 32.7 Å². The van der Waals surface area contributed by atoms with Crippen LogP contribution in [0.1, 0.15) is 0 Å². The summed E-state index contributed by atoms with van der Waals surface area (Å²) in [5.41, 5.74) is -0.219. The minimum absolute atomic E-state index is 0.0422. The van der Waals surface area contributed by atoms with Crippen molar-refractivity contribution < 1.29 is 9.66 Å². The van der Waals surface area contributed by atoms with Gasteiger partial charge >= 0.3 is 5.69 Å². The number of nitro groups is 1. The normalized spacial score (nSPS) is 15.7. The first kappa shape index (κ1) is 14.0. The zero-order valence-corrected chi connectivity index (χ0v) is 11.0. The molecule has 9 nitrogen and oxygen atoms in total. The molecule has 0 radical (unpaired) electrons. The summed E-state index contributed by atoms with van der Waals surface area (Å²) in [5.74, 6) is 0.220. The van der Waals surface area contributed by atoms with E-state index in [1.807, 2.05) is 9.80 Å². The van der Waals surface area contributed by atoms with E-state index < -0.39 is 4.92 Å². The Kier molecular flexibility index (Phi) is 4.27. The molecule has 1 aliphatic rings. The molecule has 0 bridgehead atoms. The Balaban J connectivity index is 2.22. The minimum Gasteiger partial charge on any atom is -0.476 e. The van der Waals surface area contributed by atoms with Crippen molar-refractivity contribution in [3.05, 3.63) is 16.4 Å². The molecule has 1 saturated heterocycles. The molecule has 106 valence electrons. The van der Waals surface area contributed by atoms with Crippen LogP contribution in [0.2, 0.25) is 0 Å². The molecule has 20 heavy (non-hydrogen) atoms. The van der Waals surface area contributed by atoms with Crippen molar-refractivity contribution in [3.8, 4) is 11.9 Å². The van der Waals surface area contributed by atoms with Crippen LogP contribution in [0, 0.1) is 21.4 Å². The maximum atomic E-state index is 11.2. The lowest BCUT2D eigenvalue weighted by molar-refractivity contribution is -0.385. The second kappa shape index (κ2) is 6.12. The molecule has 1 aliphatic heterocycles. The van der Waals surface area contributed by atoms with E-state index >= 15 is 0 Å². The lowest BCUT2D eigenvalue weighted by Crippen LogP contribution is -2.46. The van der Waals surface area contributed by atoms with Crippen LogP contribution in [0.25, 0.3) is 0 Å². The van der Waals surface area contributed by atoms with Crippen LogP contribution in [0.15, 0.2) is 6.33 Å². The fourth-order valence-corrected chi connectivity index (χ4v) is 2.11. The van der Waals surface area contributed by atoms with E-state index in [9.17, 15) is 10.1 Å². The number of piperazine rings is 1. The Morgan fingerprint density at radius 2 is 2.15 bits per heavy atom. The van der Waals surface area contributed by atoms with E-state index in [-0.39, 0.29) is 17.4 Å². The number of nitriles is 1. The number of hydrogen-bond acceptors (Lipinski definition) is 8. The number of anilines is 1. The Labute approximate surface area is 115 Å². The van der Waals surface area contributed by atoms with E-state index in [0.717, 1.165) is 0 Å². The molecule has 0 atom stereocenters. The highest BCUT2D eigenvalue weighted by Crippen LogP contribution is 2.33. The van der Waals surface area contributed by atoms with Crippen molar-refractivity contribution >= 4 is 11.5 Å². The predicted molar refractivity (Wildman–Crippen MR) is 69.5 cm³/mol. The second-order valence-corrected chi connectivity index (χ2v) is 4.23. The van der Waals surface area contributed by atoms with Gasteiger partial charge in [0, 0.05) is 26.2 Å². The quantitative estimate of drug-likeness (QED) is 0.431. The monoisotopic (exact) mass is 278 g/mol. The van der Waals surface area contributed by atoms with Gasteiger partial charge in [0.2, 0.25) is 5.82 Å². The fraction of sp³-hybridized carbons (Fsp3) is 0.545. The summed E-state index contributed by atoms with van der Waals surface area (Å²) < 4.78 is 4.92. The van der Waals surface area contributed by atoms with Crippen LogP contribution in [-0.4, -0.2) is 59.6 Å². The molecule has 0 aliphatic carbocycles. The van der Waals surface area contributed by atoms with Crippen LogP contribution in [0.4, 0.5) is 11.5 Å². The van der Waals surface area contributed by atoms with Crippen molar-refractivity contribution in [1.82, 2.24) is 14.9 Å². The molecule has 0 saturated carbocycles. The number of ether oxygens (including phenoxy) is 1. The Morgan fingerprint density at radius 1 is 1.45 bits per heavy atom. The maximum absolute atomic E-state index is 11.2. The van der Waals surface area contributed by atoms with Crippen molar-refractivity contribution in [2.24, 2.45) is 0 Å². The van der Waals surface area contributed by atoms with Crippen molar-refractivity contribution in [1.29, 1.82) is 5.26 Å². The molecule has 1 aromatic rings. The predicted octanol–water partition coefficient (Wildman–Crippen LogP) is 0.0390. The number of methoxy groups -OCH3 is 1. The molecule has 0 spiro atoms. The third-order valence-electron chi connectivity index (χ3n) is 3.11. The number of nitrogens with zero attached hydrogens (tertiary/aromatic N) is 6. The first-order chi connectivity index (χ1) is 9.67. The Hall–Kier alpha value is -2.47. The van der Waals surface area contributed by atoms with Crippen molar-refractivity contribution in [3.63, 3.8) is 0 Å². The molecule has 1 fully saturated rings. The van der Waals surface area contributed by atoms with Crippen LogP contribution >= 0.6 is 0 Å². The number of hydrogen-bond donors (Lipinski definition) is 0. The summed E-state index contributed by atoms with van der Waals surface area (Å²) in [7, 11) is 1.34. The van der Waals surface area contributed by atoms with Gasteiger partial charge in [0.25, 0.3) is 5.88 Å². The molecule has 2 rings (SSSR count). The minimum atomic E-state index is -0.532. The SMILES string of the molecule is COc1ncnc(N2CCN(CC#N)CC2)c1[N+](=O)[O-]. The third kappa shape index (κ3) is 2.75. The molecule has 9 heteroatoms. The molecule has 0 N–H and O–H groups in total. The van der Waals surface area contributed by atoms with Gasteiger partial charge in [-0.3, -0.25) is 15.0 Å². The van der Waals surface area contributed by atoms with Gasteiger partial charge in [-0.2, -0.15) is 10.2 Å². The number of rotatable bonds is 4. The number of aromatic nitrogens is 2. The van der Waals surface area contributed by atoms with Gasteiger partial charge in [-0.05, 0) is 0 Å². The molecule has 1 aromatic heterocycles. The summed E-state index contributed by atoms with van der Waals surface area (Å²) in [6.45, 7) is 2.84. The van der Waals surface area contributed by atoms with E-state index in [4.69, 9.17) is 10.00 Å². The molecular formula is C11H14N6O3. The average Bonchev–Trinajstić information content (AvgIpc) is 2.47. The molecular weight excluding hydrogens is 264 g/mol. The molecule has 2 heterocycles. The largest absolute Gasteiger partial charge is 0.476 e. The molecule has 0 unspecified atom stereocenters. The first-order valence-corrected chi connectivity index (χ1v) is 6.05. The van der Waals surface area contributed by atoms with Crippen LogP contribution < -0.4 is 9.64 Å². The molecule has 0 aromatic carbocycles. The summed E-state index contributed by atoms with van der Waals surface area (Å²) in [6.07, 6.45) is 1.25. The van der Waals surface area contributed by atoms with Crippen molar-refractivity contribution in [2.75, 3.05) is 44.7 Å². The standard InChI is InChI=1S/C11H14N6O3/c1-20-11-9(17(18)19)10(13-8-14-11)16-6-4-15(3-2-12)5-7-16/h8H,3-7H2,1H3. The highest BCUT2D eigenvalue weighted by Gasteiger charge is 2.29. The van der Waals surface area contributed by atoms with E-state index in [1.165, 1.54) is 13.4 Å². The summed E-state index contributed by atoms with van der Waals surface area (Å²) >= 11 is 0. The Morgan fingerprint density at radius 3 is 2.70 bits per heavy atom. The van der Waals surface area contributed by atoms with Crippen molar-refractivity contribution in [2.45, 2.75) is 0 Å². The zero-order valence-electron chi connectivity index (χ0n) is 11.0. The summed E-state index contributed by atoms with van der Waals surface area (Å²) in [5, 5.41) is 19.8. The van der Waals surface area contributed by atoms with Gasteiger partial charge in [-0.1, -0.05) is 0 Å². The van der Waals surface area contributed by atoms with Gasteiger partial charge < -0.3 is 9.64 Å². The Bertz CT molecular complexity index is 535. The summed E-state index contributed by atoms with van der Waals surface area (Å²) in [4.78, 5) is 22.2. The highest BCUT2D eigenvalue weighted by molar-refractivity contribution is 5.62. The van der Waals surface area contributed by atoms with Gasteiger partial charge in [0.1, 0.15) is 6.33 Å². The topological polar surface area (TPSA) is 108 Å².